The van der Waals surface area contributed by atoms with Crippen LogP contribution in [0, 0.1) is 11.6 Å². The Hall–Kier alpha value is -3.68. The molecule has 1 aromatic carbocycles. The van der Waals surface area contributed by atoms with Crippen molar-refractivity contribution in [3.63, 3.8) is 0 Å². The standard InChI is InChI=1S/C25H32F3N9O2/c1-14(26)13-39-21-9-17(27)19(10-20(21)37-24(38)35(4)33-34-37)31-23-29-12-18(28)22(32-23)30-15-8-16-6-5-7-36(16)25(2,3)11-15/h9-10,12,14-16H,5-8,11,13H2,1-4H3,(H2,29,30,31,32)/t14-,15-,16+/m1/s1. The highest BCUT2D eigenvalue weighted by atomic mass is 19.1. The molecule has 11 nitrogen and oxygen atoms in total. The topological polar surface area (TPSA) is 115 Å². The minimum absolute atomic E-state index is 0.0118. The quantitative estimate of drug-likeness (QED) is 0.438. The molecule has 2 aliphatic rings. The third-order valence-electron chi connectivity index (χ3n) is 7.26. The van der Waals surface area contributed by atoms with Gasteiger partial charge in [0.2, 0.25) is 5.95 Å². The second kappa shape index (κ2) is 10.5. The van der Waals surface area contributed by atoms with Crippen LogP contribution in [-0.4, -0.2) is 71.6 Å². The van der Waals surface area contributed by atoms with Gasteiger partial charge in [0.05, 0.1) is 11.9 Å². The van der Waals surface area contributed by atoms with E-state index < -0.39 is 23.5 Å². The van der Waals surface area contributed by atoms with Gasteiger partial charge in [0, 0.05) is 30.7 Å². The average Bonchev–Trinajstić information content (AvgIpc) is 3.48. The molecule has 0 amide bonds. The molecule has 3 aromatic rings. The average molecular weight is 548 g/mol. The Balaban J connectivity index is 1.41. The molecule has 0 unspecified atom stereocenters. The van der Waals surface area contributed by atoms with Crippen LogP contribution in [0.5, 0.6) is 5.75 Å². The van der Waals surface area contributed by atoms with Gasteiger partial charge in [-0.05, 0) is 69.5 Å². The predicted octanol–water partition coefficient (Wildman–Crippen LogP) is 3.33. The van der Waals surface area contributed by atoms with Crippen LogP contribution in [-0.2, 0) is 7.05 Å². The summed E-state index contributed by atoms with van der Waals surface area (Å²) in [5.74, 6) is -1.55. The van der Waals surface area contributed by atoms with Crippen LogP contribution in [0.4, 0.5) is 30.6 Å². The zero-order chi connectivity index (χ0) is 27.9. The van der Waals surface area contributed by atoms with Crippen LogP contribution in [0.25, 0.3) is 5.69 Å². The minimum Gasteiger partial charge on any atom is -0.488 e. The number of hydrogen-bond donors (Lipinski definition) is 2. The van der Waals surface area contributed by atoms with Crippen molar-refractivity contribution in [1.29, 1.82) is 0 Å². The van der Waals surface area contributed by atoms with Crippen molar-refractivity contribution in [3.05, 3.63) is 40.4 Å². The molecule has 2 aliphatic heterocycles. The zero-order valence-corrected chi connectivity index (χ0v) is 22.3. The number of piperidine rings is 1. The summed E-state index contributed by atoms with van der Waals surface area (Å²) in [4.78, 5) is 23.2. The van der Waals surface area contributed by atoms with Gasteiger partial charge in [-0.25, -0.2) is 22.9 Å². The molecule has 0 aliphatic carbocycles. The maximum Gasteiger partial charge on any atom is 0.368 e. The molecular formula is C25H32F3N9O2. The Kier molecular flexibility index (Phi) is 7.23. The number of anilines is 3. The molecule has 3 atom stereocenters. The van der Waals surface area contributed by atoms with E-state index in [4.69, 9.17) is 4.74 Å². The summed E-state index contributed by atoms with van der Waals surface area (Å²) in [5.41, 5.74) is -0.736. The third kappa shape index (κ3) is 5.56. The highest BCUT2D eigenvalue weighted by molar-refractivity contribution is 5.63. The lowest BCUT2D eigenvalue weighted by molar-refractivity contribution is 0.0500. The molecule has 5 rings (SSSR count). The van der Waals surface area contributed by atoms with E-state index in [0.717, 1.165) is 53.9 Å². The van der Waals surface area contributed by atoms with Crippen LogP contribution in [0.2, 0.25) is 0 Å². The first-order valence-electron chi connectivity index (χ1n) is 12.9. The van der Waals surface area contributed by atoms with Crippen molar-refractivity contribution in [2.75, 3.05) is 23.8 Å². The molecule has 2 N–H and O–H groups in total. The molecule has 39 heavy (non-hydrogen) atoms. The van der Waals surface area contributed by atoms with Gasteiger partial charge < -0.3 is 15.4 Å². The van der Waals surface area contributed by atoms with Crippen molar-refractivity contribution in [1.82, 2.24) is 34.7 Å². The van der Waals surface area contributed by atoms with E-state index in [2.05, 4.69) is 49.8 Å². The van der Waals surface area contributed by atoms with Gasteiger partial charge in [-0.3, -0.25) is 4.90 Å². The first-order valence-corrected chi connectivity index (χ1v) is 12.9. The maximum atomic E-state index is 15.1. The van der Waals surface area contributed by atoms with Gasteiger partial charge in [-0.15, -0.1) is 0 Å². The first-order chi connectivity index (χ1) is 18.5. The van der Waals surface area contributed by atoms with Gasteiger partial charge >= 0.3 is 5.69 Å². The minimum atomic E-state index is -1.33. The molecule has 2 aromatic heterocycles. The molecule has 210 valence electrons. The number of nitrogens with one attached hydrogen (secondary N) is 2. The zero-order valence-electron chi connectivity index (χ0n) is 22.3. The third-order valence-corrected chi connectivity index (χ3v) is 7.26. The number of aryl methyl sites for hydroxylation is 1. The van der Waals surface area contributed by atoms with E-state index in [1.54, 1.807) is 0 Å². The molecule has 0 bridgehead atoms. The van der Waals surface area contributed by atoms with Crippen molar-refractivity contribution in [3.8, 4) is 11.4 Å². The molecule has 0 spiro atoms. The van der Waals surface area contributed by atoms with Crippen LogP contribution in [0.15, 0.2) is 23.1 Å². The lowest BCUT2D eigenvalue weighted by atomic mass is 9.84. The predicted molar refractivity (Wildman–Crippen MR) is 138 cm³/mol. The smallest absolute Gasteiger partial charge is 0.368 e. The molecule has 14 heteroatoms. The molecule has 0 radical (unpaired) electrons. The van der Waals surface area contributed by atoms with Gasteiger partial charge in [0.1, 0.15) is 24.2 Å². The van der Waals surface area contributed by atoms with Gasteiger partial charge in [0.15, 0.2) is 17.5 Å². The van der Waals surface area contributed by atoms with Gasteiger partial charge in [-0.2, -0.15) is 14.3 Å². The maximum absolute atomic E-state index is 15.1. The summed E-state index contributed by atoms with van der Waals surface area (Å²) in [6, 6.07) is 2.70. The Morgan fingerprint density at radius 3 is 2.74 bits per heavy atom. The highest BCUT2D eigenvalue weighted by Crippen LogP contribution is 2.38. The number of alkyl halides is 1. The van der Waals surface area contributed by atoms with Crippen molar-refractivity contribution >= 4 is 17.5 Å². The SMILES string of the molecule is C[C@@H](F)COc1cc(F)c(Nc2ncc(F)c(N[C@@H]3C[C@@H]4CCCN4C(C)(C)C3)n2)cc1-n1nnn(C)c1=O. The fraction of sp³-hybridized carbons (Fsp3) is 0.560. The summed E-state index contributed by atoms with van der Waals surface area (Å²) in [6.07, 6.45) is 3.64. The summed E-state index contributed by atoms with van der Waals surface area (Å²) >= 11 is 0. The number of fused-ring (bicyclic) bond motifs is 1. The number of nitrogens with zero attached hydrogens (tertiary/aromatic N) is 7. The number of aromatic nitrogens is 6. The Labute approximate surface area is 223 Å². The Morgan fingerprint density at radius 1 is 1.23 bits per heavy atom. The molecule has 2 fully saturated rings. The second-order valence-electron chi connectivity index (χ2n) is 10.8. The van der Waals surface area contributed by atoms with Crippen LogP contribution in [0.3, 0.4) is 0 Å². The van der Waals surface area contributed by atoms with Gasteiger partial charge in [-0.1, -0.05) is 0 Å². The van der Waals surface area contributed by atoms with Crippen molar-refractivity contribution < 1.29 is 17.9 Å². The van der Waals surface area contributed by atoms with E-state index in [1.807, 2.05) is 0 Å². The molecule has 0 saturated carbocycles. The monoisotopic (exact) mass is 547 g/mol. The largest absolute Gasteiger partial charge is 0.488 e. The lowest BCUT2D eigenvalue weighted by Crippen LogP contribution is -2.55. The van der Waals surface area contributed by atoms with Crippen molar-refractivity contribution in [2.45, 2.75) is 70.2 Å². The van der Waals surface area contributed by atoms with E-state index in [9.17, 15) is 13.6 Å². The first kappa shape index (κ1) is 26.9. The van der Waals surface area contributed by atoms with Crippen LogP contribution < -0.4 is 21.1 Å². The van der Waals surface area contributed by atoms with Crippen LogP contribution in [0.1, 0.15) is 46.5 Å². The number of hydrogen-bond acceptors (Lipinski definition) is 9. The number of rotatable bonds is 8. The lowest BCUT2D eigenvalue weighted by Gasteiger charge is -2.47. The second-order valence-corrected chi connectivity index (χ2v) is 10.8. The molecule has 4 heterocycles. The van der Waals surface area contributed by atoms with Gasteiger partial charge in [0.25, 0.3) is 0 Å². The summed E-state index contributed by atoms with van der Waals surface area (Å²) in [5, 5.41) is 13.4. The number of ether oxygens (including phenoxy) is 1. The molecule has 2 saturated heterocycles. The van der Waals surface area contributed by atoms with Crippen LogP contribution >= 0.6 is 0 Å². The molecular weight excluding hydrogens is 515 g/mol. The highest BCUT2D eigenvalue weighted by Gasteiger charge is 2.43. The number of halogens is 3. The summed E-state index contributed by atoms with van der Waals surface area (Å²) in [7, 11) is 1.40. The van der Waals surface area contributed by atoms with E-state index in [0.29, 0.717) is 6.04 Å². The van der Waals surface area contributed by atoms with E-state index in [-0.39, 0.29) is 47.1 Å². The summed E-state index contributed by atoms with van der Waals surface area (Å²) in [6.45, 7) is 6.40. The van der Waals surface area contributed by atoms with E-state index >= 15 is 4.39 Å². The number of benzene rings is 1. The Bertz CT molecular complexity index is 1410. The van der Waals surface area contributed by atoms with E-state index in [1.165, 1.54) is 20.0 Å². The summed E-state index contributed by atoms with van der Waals surface area (Å²) < 4.78 is 50.6. The number of tetrazole rings is 1. The normalized spacial score (nSPS) is 21.4. The van der Waals surface area contributed by atoms with Crippen molar-refractivity contribution in [2.24, 2.45) is 7.05 Å². The Morgan fingerprint density at radius 2 is 2.03 bits per heavy atom. The fourth-order valence-electron chi connectivity index (χ4n) is 5.55. The fourth-order valence-corrected chi connectivity index (χ4v) is 5.55.